The van der Waals surface area contributed by atoms with Gasteiger partial charge in [0.2, 0.25) is 5.91 Å². The van der Waals surface area contributed by atoms with Gasteiger partial charge in [-0.1, -0.05) is 20.8 Å². The summed E-state index contributed by atoms with van der Waals surface area (Å²) in [7, 11) is 0. The number of fused-ring (bicyclic) bond motifs is 1. The molecule has 0 aliphatic rings. The van der Waals surface area contributed by atoms with Gasteiger partial charge in [0.1, 0.15) is 11.8 Å². The predicted molar refractivity (Wildman–Crippen MR) is 61.1 cm³/mol. The van der Waals surface area contributed by atoms with E-state index < -0.39 is 5.41 Å². The van der Waals surface area contributed by atoms with Crippen molar-refractivity contribution in [2.75, 3.05) is 5.32 Å². The Morgan fingerprint density at radius 3 is 2.88 bits per heavy atom. The molecule has 0 saturated heterocycles. The Morgan fingerprint density at radius 1 is 1.44 bits per heavy atom. The lowest BCUT2D eigenvalue weighted by Crippen LogP contribution is -2.28. The summed E-state index contributed by atoms with van der Waals surface area (Å²) in [5, 5.41) is 6.83. The number of aromatic nitrogens is 3. The van der Waals surface area contributed by atoms with E-state index in [4.69, 9.17) is 0 Å². The van der Waals surface area contributed by atoms with Crippen molar-refractivity contribution in [1.82, 2.24) is 14.6 Å². The van der Waals surface area contributed by atoms with Gasteiger partial charge in [-0.25, -0.2) is 9.50 Å². The van der Waals surface area contributed by atoms with Gasteiger partial charge in [0.05, 0.1) is 0 Å². The van der Waals surface area contributed by atoms with Crippen molar-refractivity contribution in [1.29, 1.82) is 0 Å². The van der Waals surface area contributed by atoms with Crippen molar-refractivity contribution in [3.05, 3.63) is 24.7 Å². The first kappa shape index (κ1) is 10.6. The number of anilines is 1. The molecule has 1 amide bonds. The second-order valence-electron chi connectivity index (χ2n) is 4.65. The third-order valence-electron chi connectivity index (χ3n) is 2.25. The van der Waals surface area contributed by atoms with E-state index in [0.717, 1.165) is 5.52 Å². The zero-order valence-electron chi connectivity index (χ0n) is 9.56. The molecule has 2 aromatic heterocycles. The molecule has 0 atom stereocenters. The van der Waals surface area contributed by atoms with Crippen molar-refractivity contribution in [3.8, 4) is 0 Å². The van der Waals surface area contributed by atoms with Gasteiger partial charge in [-0.3, -0.25) is 4.79 Å². The number of nitrogens with zero attached hydrogens (tertiary/aromatic N) is 3. The maximum absolute atomic E-state index is 11.8. The second kappa shape index (κ2) is 3.59. The molecule has 2 heterocycles. The SMILES string of the molecule is CC(C)(C)C(=O)Nc1ncnn2cccc12. The smallest absolute Gasteiger partial charge is 0.230 e. The van der Waals surface area contributed by atoms with E-state index in [1.165, 1.54) is 6.33 Å². The first-order valence-corrected chi connectivity index (χ1v) is 5.08. The Balaban J connectivity index is 2.35. The van der Waals surface area contributed by atoms with Crippen molar-refractivity contribution in [2.45, 2.75) is 20.8 Å². The Hall–Kier alpha value is -1.91. The van der Waals surface area contributed by atoms with Gasteiger partial charge in [0.15, 0.2) is 5.82 Å². The number of carbonyl (C=O) groups excluding carboxylic acids is 1. The molecule has 16 heavy (non-hydrogen) atoms. The third kappa shape index (κ3) is 1.88. The number of hydrogen-bond donors (Lipinski definition) is 1. The Kier molecular flexibility index (Phi) is 2.38. The molecule has 0 unspecified atom stereocenters. The fourth-order valence-corrected chi connectivity index (χ4v) is 1.26. The first-order valence-electron chi connectivity index (χ1n) is 5.08. The van der Waals surface area contributed by atoms with Crippen LogP contribution in [-0.2, 0) is 4.79 Å². The second-order valence-corrected chi connectivity index (χ2v) is 4.65. The van der Waals surface area contributed by atoms with E-state index in [1.807, 2.05) is 39.1 Å². The highest BCUT2D eigenvalue weighted by Crippen LogP contribution is 2.18. The lowest BCUT2D eigenvalue weighted by atomic mass is 9.96. The van der Waals surface area contributed by atoms with E-state index in [2.05, 4.69) is 15.4 Å². The van der Waals surface area contributed by atoms with Crippen LogP contribution in [-0.4, -0.2) is 20.5 Å². The largest absolute Gasteiger partial charge is 0.308 e. The molecule has 0 saturated carbocycles. The normalized spacial score (nSPS) is 11.7. The zero-order valence-corrected chi connectivity index (χ0v) is 9.56. The number of carbonyl (C=O) groups is 1. The van der Waals surface area contributed by atoms with Gasteiger partial charge in [0.25, 0.3) is 0 Å². The average molecular weight is 218 g/mol. The van der Waals surface area contributed by atoms with Crippen LogP contribution in [0.15, 0.2) is 24.7 Å². The van der Waals surface area contributed by atoms with Gasteiger partial charge in [-0.05, 0) is 12.1 Å². The summed E-state index contributed by atoms with van der Waals surface area (Å²) in [5.74, 6) is 0.481. The number of nitrogens with one attached hydrogen (secondary N) is 1. The van der Waals surface area contributed by atoms with Crippen molar-refractivity contribution >= 4 is 17.2 Å². The molecule has 1 N–H and O–H groups in total. The summed E-state index contributed by atoms with van der Waals surface area (Å²) in [6.45, 7) is 5.58. The molecule has 0 aromatic carbocycles. The fraction of sp³-hybridized carbons (Fsp3) is 0.364. The molecular formula is C11H14N4O. The molecule has 5 nitrogen and oxygen atoms in total. The molecule has 84 valence electrons. The Labute approximate surface area is 93.5 Å². The van der Waals surface area contributed by atoms with E-state index >= 15 is 0 Å². The lowest BCUT2D eigenvalue weighted by molar-refractivity contribution is -0.123. The van der Waals surface area contributed by atoms with E-state index in [0.29, 0.717) is 5.82 Å². The summed E-state index contributed by atoms with van der Waals surface area (Å²) in [6.07, 6.45) is 3.23. The molecule has 0 spiro atoms. The van der Waals surface area contributed by atoms with Gasteiger partial charge in [-0.15, -0.1) is 0 Å². The zero-order chi connectivity index (χ0) is 11.8. The summed E-state index contributed by atoms with van der Waals surface area (Å²) in [4.78, 5) is 15.9. The van der Waals surface area contributed by atoms with Crippen LogP contribution in [0, 0.1) is 5.41 Å². The van der Waals surface area contributed by atoms with Crippen LogP contribution in [0.1, 0.15) is 20.8 Å². The molecule has 2 rings (SSSR count). The summed E-state index contributed by atoms with van der Waals surface area (Å²) in [6, 6.07) is 3.72. The van der Waals surface area contributed by atoms with Crippen LogP contribution in [0.4, 0.5) is 5.82 Å². The molecule has 0 bridgehead atoms. The van der Waals surface area contributed by atoms with Crippen molar-refractivity contribution in [3.63, 3.8) is 0 Å². The fourth-order valence-electron chi connectivity index (χ4n) is 1.26. The molecule has 2 aromatic rings. The topological polar surface area (TPSA) is 59.3 Å². The van der Waals surface area contributed by atoms with E-state index in [9.17, 15) is 4.79 Å². The molecule has 0 fully saturated rings. The summed E-state index contributed by atoms with van der Waals surface area (Å²) >= 11 is 0. The van der Waals surface area contributed by atoms with Crippen molar-refractivity contribution in [2.24, 2.45) is 5.41 Å². The predicted octanol–water partition coefficient (Wildman–Crippen LogP) is 1.71. The van der Waals surface area contributed by atoms with Crippen LogP contribution in [0.25, 0.3) is 5.52 Å². The van der Waals surface area contributed by atoms with Crippen LogP contribution in [0.2, 0.25) is 0 Å². The minimum atomic E-state index is -0.436. The van der Waals surface area contributed by atoms with Gasteiger partial charge >= 0.3 is 0 Å². The number of amides is 1. The van der Waals surface area contributed by atoms with Crippen LogP contribution < -0.4 is 5.32 Å². The maximum Gasteiger partial charge on any atom is 0.230 e. The van der Waals surface area contributed by atoms with Gasteiger partial charge < -0.3 is 5.32 Å². The van der Waals surface area contributed by atoms with E-state index in [1.54, 1.807) is 4.52 Å². The molecule has 0 radical (unpaired) electrons. The highest BCUT2D eigenvalue weighted by atomic mass is 16.2. The standard InChI is InChI=1S/C11H14N4O/c1-11(2,3)10(16)14-9-8-5-4-6-15(8)13-7-12-9/h4-7H,1-3H3,(H,12,13,14,16). The minimum Gasteiger partial charge on any atom is -0.308 e. The quantitative estimate of drug-likeness (QED) is 0.792. The first-order chi connectivity index (χ1) is 7.48. The third-order valence-corrected chi connectivity index (χ3v) is 2.25. The van der Waals surface area contributed by atoms with Gasteiger partial charge in [0, 0.05) is 11.6 Å². The minimum absolute atomic E-state index is 0.0608. The molecule has 0 aliphatic heterocycles. The summed E-state index contributed by atoms with van der Waals surface area (Å²) in [5.41, 5.74) is 0.356. The summed E-state index contributed by atoms with van der Waals surface area (Å²) < 4.78 is 1.67. The molecular weight excluding hydrogens is 204 g/mol. The van der Waals surface area contributed by atoms with Crippen LogP contribution >= 0.6 is 0 Å². The maximum atomic E-state index is 11.8. The highest BCUT2D eigenvalue weighted by Gasteiger charge is 2.22. The van der Waals surface area contributed by atoms with Crippen LogP contribution in [0.5, 0.6) is 0 Å². The van der Waals surface area contributed by atoms with Gasteiger partial charge in [-0.2, -0.15) is 5.10 Å². The highest BCUT2D eigenvalue weighted by molar-refractivity contribution is 5.96. The Morgan fingerprint density at radius 2 is 2.19 bits per heavy atom. The number of rotatable bonds is 1. The Bertz CT molecular complexity index is 524. The average Bonchev–Trinajstić information content (AvgIpc) is 2.65. The molecule has 5 heteroatoms. The van der Waals surface area contributed by atoms with Crippen LogP contribution in [0.3, 0.4) is 0 Å². The van der Waals surface area contributed by atoms with E-state index in [-0.39, 0.29) is 5.91 Å². The van der Waals surface area contributed by atoms with Crippen molar-refractivity contribution < 1.29 is 4.79 Å². The number of hydrogen-bond acceptors (Lipinski definition) is 3. The monoisotopic (exact) mass is 218 g/mol. The molecule has 0 aliphatic carbocycles. The lowest BCUT2D eigenvalue weighted by Gasteiger charge is -2.17.